The van der Waals surface area contributed by atoms with Crippen molar-refractivity contribution in [2.45, 2.75) is 19.6 Å². The molecule has 1 atom stereocenters. The molecule has 2 aromatic rings. The SMILES string of the molecule is CC1Oc2c(cccc2C(=O)Nc2ccn(CCN(C)C)n2)NC1=O. The van der Waals surface area contributed by atoms with Gasteiger partial charge in [0.15, 0.2) is 17.7 Å². The number of nitrogens with zero attached hydrogens (tertiary/aromatic N) is 3. The average Bonchev–Trinajstić information content (AvgIpc) is 3.01. The first-order chi connectivity index (χ1) is 11.9. The average molecular weight is 343 g/mol. The monoisotopic (exact) mass is 343 g/mol. The van der Waals surface area contributed by atoms with Gasteiger partial charge in [-0.1, -0.05) is 6.07 Å². The normalized spacial score (nSPS) is 16.2. The van der Waals surface area contributed by atoms with E-state index in [-0.39, 0.29) is 11.8 Å². The highest BCUT2D eigenvalue weighted by atomic mass is 16.5. The number of amides is 2. The van der Waals surface area contributed by atoms with Gasteiger partial charge in [-0.2, -0.15) is 5.10 Å². The van der Waals surface area contributed by atoms with Gasteiger partial charge in [-0.25, -0.2) is 0 Å². The fourth-order valence-corrected chi connectivity index (χ4v) is 2.44. The molecule has 1 aromatic heterocycles. The molecule has 3 rings (SSSR count). The zero-order chi connectivity index (χ0) is 18.0. The third-order valence-corrected chi connectivity index (χ3v) is 3.84. The second kappa shape index (κ2) is 6.94. The van der Waals surface area contributed by atoms with Crippen LogP contribution in [0, 0.1) is 0 Å². The zero-order valence-electron chi connectivity index (χ0n) is 14.4. The molecule has 0 saturated carbocycles. The maximum Gasteiger partial charge on any atom is 0.265 e. The van der Waals surface area contributed by atoms with Crippen molar-refractivity contribution in [2.24, 2.45) is 0 Å². The lowest BCUT2D eigenvalue weighted by molar-refractivity contribution is -0.122. The summed E-state index contributed by atoms with van der Waals surface area (Å²) in [6.45, 7) is 3.22. The van der Waals surface area contributed by atoms with E-state index in [1.54, 1.807) is 35.9 Å². The van der Waals surface area contributed by atoms with E-state index in [0.717, 1.165) is 13.1 Å². The molecular formula is C17H21N5O3. The molecule has 2 N–H and O–H groups in total. The largest absolute Gasteiger partial charge is 0.478 e. The lowest BCUT2D eigenvalue weighted by atomic mass is 10.1. The zero-order valence-corrected chi connectivity index (χ0v) is 14.4. The molecule has 0 aliphatic carbocycles. The number of aromatic nitrogens is 2. The number of carbonyl (C=O) groups excluding carboxylic acids is 2. The van der Waals surface area contributed by atoms with E-state index in [1.165, 1.54) is 0 Å². The van der Waals surface area contributed by atoms with Gasteiger partial charge in [-0.15, -0.1) is 0 Å². The predicted octanol–water partition coefficient (Wildman–Crippen LogP) is 1.42. The van der Waals surface area contributed by atoms with Gasteiger partial charge >= 0.3 is 0 Å². The molecule has 0 radical (unpaired) electrons. The summed E-state index contributed by atoms with van der Waals surface area (Å²) in [7, 11) is 3.98. The Morgan fingerprint density at radius 3 is 2.96 bits per heavy atom. The van der Waals surface area contributed by atoms with E-state index < -0.39 is 6.10 Å². The van der Waals surface area contributed by atoms with Crippen LogP contribution in [0.4, 0.5) is 11.5 Å². The van der Waals surface area contributed by atoms with Crippen LogP contribution in [0.15, 0.2) is 30.5 Å². The van der Waals surface area contributed by atoms with E-state index >= 15 is 0 Å². The quantitative estimate of drug-likeness (QED) is 0.857. The first-order valence-corrected chi connectivity index (χ1v) is 8.04. The summed E-state index contributed by atoms with van der Waals surface area (Å²) < 4.78 is 7.37. The summed E-state index contributed by atoms with van der Waals surface area (Å²) in [5.74, 6) is 0.274. The van der Waals surface area contributed by atoms with Crippen LogP contribution in [-0.4, -0.2) is 53.2 Å². The van der Waals surface area contributed by atoms with E-state index in [2.05, 4.69) is 20.6 Å². The van der Waals surface area contributed by atoms with Crippen LogP contribution >= 0.6 is 0 Å². The molecule has 2 heterocycles. The van der Waals surface area contributed by atoms with E-state index in [1.807, 2.05) is 20.3 Å². The van der Waals surface area contributed by atoms with Crippen molar-refractivity contribution in [1.29, 1.82) is 0 Å². The van der Waals surface area contributed by atoms with Crippen LogP contribution < -0.4 is 15.4 Å². The molecule has 132 valence electrons. The third kappa shape index (κ3) is 3.80. The Morgan fingerprint density at radius 2 is 2.20 bits per heavy atom. The molecule has 25 heavy (non-hydrogen) atoms. The van der Waals surface area contributed by atoms with Crippen molar-refractivity contribution in [3.05, 3.63) is 36.0 Å². The maximum absolute atomic E-state index is 12.6. The Morgan fingerprint density at radius 1 is 1.40 bits per heavy atom. The van der Waals surface area contributed by atoms with Crippen molar-refractivity contribution >= 4 is 23.3 Å². The van der Waals surface area contributed by atoms with E-state index in [9.17, 15) is 9.59 Å². The summed E-state index contributed by atoms with van der Waals surface area (Å²) in [5, 5.41) is 9.83. The number of benzene rings is 1. The van der Waals surface area contributed by atoms with Gasteiger partial charge in [-0.05, 0) is 33.2 Å². The number of carbonyl (C=O) groups is 2. The van der Waals surface area contributed by atoms with Crippen LogP contribution in [0.1, 0.15) is 17.3 Å². The number of ether oxygens (including phenoxy) is 1. The van der Waals surface area contributed by atoms with Crippen molar-refractivity contribution in [3.8, 4) is 5.75 Å². The van der Waals surface area contributed by atoms with Crippen molar-refractivity contribution in [2.75, 3.05) is 31.3 Å². The van der Waals surface area contributed by atoms with Gasteiger partial charge in [-0.3, -0.25) is 14.3 Å². The van der Waals surface area contributed by atoms with Crippen LogP contribution in [0.5, 0.6) is 5.75 Å². The highest BCUT2D eigenvalue weighted by molar-refractivity contribution is 6.09. The topological polar surface area (TPSA) is 88.5 Å². The summed E-state index contributed by atoms with van der Waals surface area (Å²) in [4.78, 5) is 26.3. The Hall–Kier alpha value is -2.87. The lowest BCUT2D eigenvalue weighted by Gasteiger charge is -2.24. The van der Waals surface area contributed by atoms with E-state index in [0.29, 0.717) is 22.8 Å². The predicted molar refractivity (Wildman–Crippen MR) is 93.9 cm³/mol. The third-order valence-electron chi connectivity index (χ3n) is 3.84. The molecule has 0 fully saturated rings. The number of likely N-dealkylation sites (N-methyl/N-ethyl adjacent to an activating group) is 1. The minimum atomic E-state index is -0.647. The Balaban J connectivity index is 1.74. The molecule has 0 saturated heterocycles. The number of hydrogen-bond donors (Lipinski definition) is 2. The highest BCUT2D eigenvalue weighted by Crippen LogP contribution is 2.33. The second-order valence-corrected chi connectivity index (χ2v) is 6.15. The summed E-state index contributed by atoms with van der Waals surface area (Å²) in [5.41, 5.74) is 0.847. The molecule has 0 bridgehead atoms. The molecule has 1 aliphatic heterocycles. The number of nitrogens with one attached hydrogen (secondary N) is 2. The van der Waals surface area contributed by atoms with Crippen LogP contribution in [-0.2, 0) is 11.3 Å². The first kappa shape index (κ1) is 17.0. The molecule has 2 amide bonds. The minimum Gasteiger partial charge on any atom is -0.478 e. The molecule has 8 nitrogen and oxygen atoms in total. The van der Waals surface area contributed by atoms with Crippen LogP contribution in [0.25, 0.3) is 0 Å². The molecule has 1 aromatic carbocycles. The second-order valence-electron chi connectivity index (χ2n) is 6.15. The molecular weight excluding hydrogens is 322 g/mol. The number of rotatable bonds is 5. The molecule has 0 spiro atoms. The Bertz CT molecular complexity index is 799. The molecule has 1 aliphatic rings. The lowest BCUT2D eigenvalue weighted by Crippen LogP contribution is -2.35. The van der Waals surface area contributed by atoms with Crippen molar-refractivity contribution < 1.29 is 14.3 Å². The summed E-state index contributed by atoms with van der Waals surface area (Å²) in [6.07, 6.45) is 1.17. The van der Waals surface area contributed by atoms with E-state index in [4.69, 9.17) is 4.74 Å². The van der Waals surface area contributed by atoms with Crippen molar-refractivity contribution in [3.63, 3.8) is 0 Å². The van der Waals surface area contributed by atoms with Gasteiger partial charge in [0, 0.05) is 18.8 Å². The fourth-order valence-electron chi connectivity index (χ4n) is 2.44. The molecule has 1 unspecified atom stereocenters. The number of anilines is 2. The highest BCUT2D eigenvalue weighted by Gasteiger charge is 2.27. The van der Waals surface area contributed by atoms with Gasteiger partial charge in [0.1, 0.15) is 0 Å². The van der Waals surface area contributed by atoms with Gasteiger partial charge < -0.3 is 20.3 Å². The summed E-state index contributed by atoms with van der Waals surface area (Å²) >= 11 is 0. The van der Waals surface area contributed by atoms with Crippen molar-refractivity contribution in [1.82, 2.24) is 14.7 Å². The number of hydrogen-bond acceptors (Lipinski definition) is 5. The molecule has 8 heteroatoms. The first-order valence-electron chi connectivity index (χ1n) is 8.04. The van der Waals surface area contributed by atoms with Crippen LogP contribution in [0.3, 0.4) is 0 Å². The van der Waals surface area contributed by atoms with Gasteiger partial charge in [0.05, 0.1) is 17.8 Å². The summed E-state index contributed by atoms with van der Waals surface area (Å²) in [6, 6.07) is 6.80. The minimum absolute atomic E-state index is 0.232. The van der Waals surface area contributed by atoms with Gasteiger partial charge in [0.25, 0.3) is 11.8 Å². The Kier molecular flexibility index (Phi) is 4.71. The number of fused-ring (bicyclic) bond motifs is 1. The fraction of sp³-hybridized carbons (Fsp3) is 0.353. The van der Waals surface area contributed by atoms with Crippen LogP contribution in [0.2, 0.25) is 0 Å². The standard InChI is InChI=1S/C17H21N5O3/c1-11-16(23)18-13-6-4-5-12(15(13)25-11)17(24)19-14-7-8-22(20-14)10-9-21(2)3/h4-8,11H,9-10H2,1-3H3,(H,18,23)(H,19,20,24). The smallest absolute Gasteiger partial charge is 0.265 e. The van der Waals surface area contributed by atoms with Gasteiger partial charge in [0.2, 0.25) is 0 Å². The maximum atomic E-state index is 12.6. The Labute approximate surface area is 145 Å². The number of para-hydroxylation sites is 1.